The Balaban J connectivity index is 1.94. The van der Waals surface area contributed by atoms with Gasteiger partial charge < -0.3 is 14.4 Å². The van der Waals surface area contributed by atoms with Crippen molar-refractivity contribution in [2.45, 2.75) is 37.7 Å². The minimum atomic E-state index is -0.424. The Labute approximate surface area is 115 Å². The van der Waals surface area contributed by atoms with Crippen molar-refractivity contribution in [3.05, 3.63) is 17.3 Å². The van der Waals surface area contributed by atoms with Crippen LogP contribution in [0.3, 0.4) is 0 Å². The molecule has 0 bridgehead atoms. The molecular formula is C13H16N2O3S. The van der Waals surface area contributed by atoms with E-state index in [0.29, 0.717) is 16.6 Å². The highest BCUT2D eigenvalue weighted by atomic mass is 32.1. The fraction of sp³-hybridized carbons (Fsp3) is 0.538. The quantitative estimate of drug-likeness (QED) is 0.934. The van der Waals surface area contributed by atoms with E-state index < -0.39 is 5.60 Å². The smallest absolute Gasteiger partial charge is 0.271 e. The van der Waals surface area contributed by atoms with E-state index in [2.05, 4.69) is 10.1 Å². The average Bonchev–Trinajstić information content (AvgIpc) is 3.08. The number of aromatic nitrogens is 2. The summed E-state index contributed by atoms with van der Waals surface area (Å²) in [6.07, 6.45) is 5.28. The van der Waals surface area contributed by atoms with Crippen molar-refractivity contribution in [1.82, 2.24) is 10.1 Å². The second kappa shape index (κ2) is 4.94. The molecule has 102 valence electrons. The molecule has 0 unspecified atom stereocenters. The zero-order chi connectivity index (χ0) is 13.3. The monoisotopic (exact) mass is 280 g/mol. The number of aromatic hydroxyl groups is 1. The van der Waals surface area contributed by atoms with Crippen molar-refractivity contribution < 1.29 is 14.4 Å². The van der Waals surface area contributed by atoms with Gasteiger partial charge in [0.15, 0.2) is 0 Å². The molecule has 1 aliphatic carbocycles. The molecule has 0 radical (unpaired) electrons. The molecule has 0 spiro atoms. The van der Waals surface area contributed by atoms with E-state index in [-0.39, 0.29) is 5.75 Å². The van der Waals surface area contributed by atoms with Gasteiger partial charge in [0.25, 0.3) is 5.89 Å². The van der Waals surface area contributed by atoms with Crippen LogP contribution in [0.15, 0.2) is 16.0 Å². The van der Waals surface area contributed by atoms with Crippen LogP contribution in [-0.2, 0) is 10.3 Å². The maximum atomic E-state index is 9.70. The lowest BCUT2D eigenvalue weighted by molar-refractivity contribution is -0.0527. The van der Waals surface area contributed by atoms with E-state index in [1.54, 1.807) is 18.6 Å². The Bertz CT molecular complexity index is 558. The first-order valence-corrected chi connectivity index (χ1v) is 7.29. The molecule has 2 heterocycles. The number of hydrogen-bond donors (Lipinski definition) is 1. The van der Waals surface area contributed by atoms with Crippen LogP contribution in [0.1, 0.15) is 37.9 Å². The number of nitrogens with zero attached hydrogens (tertiary/aromatic N) is 2. The second-order valence-corrected chi connectivity index (χ2v) is 5.73. The van der Waals surface area contributed by atoms with Crippen LogP contribution in [0.4, 0.5) is 0 Å². The molecule has 2 aromatic rings. The number of ether oxygens (including phenoxy) is 1. The minimum absolute atomic E-state index is 0.176. The Kier molecular flexibility index (Phi) is 3.28. The molecule has 1 N–H and O–H groups in total. The largest absolute Gasteiger partial charge is 0.506 e. The summed E-state index contributed by atoms with van der Waals surface area (Å²) in [5.74, 6) is 1.14. The Hall–Kier alpha value is -1.40. The predicted octanol–water partition coefficient (Wildman–Crippen LogP) is 3.31. The van der Waals surface area contributed by atoms with Gasteiger partial charge in [-0.15, -0.1) is 11.3 Å². The van der Waals surface area contributed by atoms with Crippen molar-refractivity contribution in [2.24, 2.45) is 0 Å². The highest BCUT2D eigenvalue weighted by molar-refractivity contribution is 7.13. The normalized spacial score (nSPS) is 18.6. The van der Waals surface area contributed by atoms with Crippen molar-refractivity contribution in [1.29, 1.82) is 0 Å². The van der Waals surface area contributed by atoms with E-state index in [9.17, 15) is 5.11 Å². The van der Waals surface area contributed by atoms with E-state index >= 15 is 0 Å². The van der Waals surface area contributed by atoms with Gasteiger partial charge in [0.1, 0.15) is 16.2 Å². The first kappa shape index (κ1) is 12.6. The Morgan fingerprint density at radius 3 is 2.79 bits per heavy atom. The summed E-state index contributed by atoms with van der Waals surface area (Å²) in [5.41, 5.74) is -0.424. The summed E-state index contributed by atoms with van der Waals surface area (Å²) in [4.78, 5) is 5.04. The molecule has 1 saturated carbocycles. The zero-order valence-corrected chi connectivity index (χ0v) is 11.6. The van der Waals surface area contributed by atoms with Crippen LogP contribution in [0.25, 0.3) is 10.8 Å². The molecule has 1 aliphatic rings. The van der Waals surface area contributed by atoms with Gasteiger partial charge in [-0.2, -0.15) is 4.98 Å². The second-order valence-electron chi connectivity index (χ2n) is 4.82. The number of thiophene rings is 1. The summed E-state index contributed by atoms with van der Waals surface area (Å²) < 4.78 is 11.0. The van der Waals surface area contributed by atoms with Gasteiger partial charge in [-0.05, 0) is 24.3 Å². The van der Waals surface area contributed by atoms with Crippen LogP contribution >= 0.6 is 11.3 Å². The van der Waals surface area contributed by atoms with E-state index in [1.807, 2.05) is 0 Å². The highest BCUT2D eigenvalue weighted by Gasteiger charge is 2.38. The molecule has 0 aliphatic heterocycles. The van der Waals surface area contributed by atoms with Gasteiger partial charge in [-0.1, -0.05) is 24.4 Å². The molecule has 1 fully saturated rings. The Morgan fingerprint density at radius 1 is 1.37 bits per heavy atom. The van der Waals surface area contributed by atoms with E-state index in [1.165, 1.54) is 17.8 Å². The third kappa shape index (κ3) is 2.15. The van der Waals surface area contributed by atoms with Crippen molar-refractivity contribution in [2.75, 3.05) is 7.11 Å². The molecule has 19 heavy (non-hydrogen) atoms. The first-order valence-electron chi connectivity index (χ1n) is 6.41. The van der Waals surface area contributed by atoms with Crippen molar-refractivity contribution in [3.8, 4) is 16.5 Å². The van der Waals surface area contributed by atoms with Crippen LogP contribution < -0.4 is 0 Å². The molecule has 0 saturated heterocycles. The van der Waals surface area contributed by atoms with Crippen molar-refractivity contribution in [3.63, 3.8) is 0 Å². The van der Waals surface area contributed by atoms with Gasteiger partial charge >= 0.3 is 0 Å². The highest BCUT2D eigenvalue weighted by Crippen LogP contribution is 2.40. The van der Waals surface area contributed by atoms with Gasteiger partial charge in [0.2, 0.25) is 5.82 Å². The summed E-state index contributed by atoms with van der Waals surface area (Å²) in [6, 6.07) is 1.62. The third-order valence-corrected chi connectivity index (χ3v) is 4.62. The van der Waals surface area contributed by atoms with Crippen LogP contribution in [0, 0.1) is 0 Å². The van der Waals surface area contributed by atoms with Crippen molar-refractivity contribution >= 4 is 11.3 Å². The molecule has 0 atom stereocenters. The lowest BCUT2D eigenvalue weighted by Gasteiger charge is -2.32. The number of methoxy groups -OCH3 is 1. The van der Waals surface area contributed by atoms with Crippen LogP contribution in [-0.4, -0.2) is 22.4 Å². The first-order chi connectivity index (χ1) is 9.25. The third-order valence-electron chi connectivity index (χ3n) is 3.72. The molecule has 3 rings (SSSR count). The summed E-state index contributed by atoms with van der Waals surface area (Å²) in [6.45, 7) is 0. The fourth-order valence-electron chi connectivity index (χ4n) is 2.61. The van der Waals surface area contributed by atoms with Crippen LogP contribution in [0.5, 0.6) is 5.75 Å². The number of rotatable bonds is 3. The standard InChI is InChI=1S/C13H16N2O3S/c1-17-13(6-3-2-4-7-13)12-14-11(18-15-12)10-9(16)5-8-19-10/h5,8,16H,2-4,6-7H2,1H3. The lowest BCUT2D eigenvalue weighted by Crippen LogP contribution is -2.32. The molecule has 6 heteroatoms. The van der Waals surface area contributed by atoms with E-state index in [0.717, 1.165) is 25.7 Å². The molecule has 0 aromatic carbocycles. The maximum Gasteiger partial charge on any atom is 0.271 e. The van der Waals surface area contributed by atoms with Gasteiger partial charge in [0.05, 0.1) is 0 Å². The van der Waals surface area contributed by atoms with E-state index in [4.69, 9.17) is 9.26 Å². The number of hydrogen-bond acceptors (Lipinski definition) is 6. The van der Waals surface area contributed by atoms with Crippen LogP contribution in [0.2, 0.25) is 0 Å². The predicted molar refractivity (Wildman–Crippen MR) is 71.0 cm³/mol. The molecule has 2 aromatic heterocycles. The summed E-state index contributed by atoms with van der Waals surface area (Å²) >= 11 is 1.38. The van der Waals surface area contributed by atoms with Gasteiger partial charge in [-0.3, -0.25) is 0 Å². The molecule has 5 nitrogen and oxygen atoms in total. The fourth-order valence-corrected chi connectivity index (χ4v) is 3.31. The summed E-state index contributed by atoms with van der Waals surface area (Å²) in [7, 11) is 1.70. The van der Waals surface area contributed by atoms with Gasteiger partial charge in [-0.25, -0.2) is 0 Å². The Morgan fingerprint density at radius 2 is 2.16 bits per heavy atom. The SMILES string of the molecule is COC1(c2noc(-c3sccc3O)n2)CCCCC1. The molecule has 0 amide bonds. The topological polar surface area (TPSA) is 68.4 Å². The zero-order valence-electron chi connectivity index (χ0n) is 10.8. The maximum absolute atomic E-state index is 9.70. The van der Waals surface area contributed by atoms with Gasteiger partial charge in [0, 0.05) is 7.11 Å². The summed E-state index contributed by atoms with van der Waals surface area (Å²) in [5, 5.41) is 15.6. The lowest BCUT2D eigenvalue weighted by atomic mass is 9.84. The average molecular weight is 280 g/mol. The minimum Gasteiger partial charge on any atom is -0.506 e. The molecular weight excluding hydrogens is 264 g/mol.